The SMILES string of the molecule is Nc1cc(Cl)cc(S(=O)(=O)NCC2CCCO2)c1O. The van der Waals surface area contributed by atoms with Gasteiger partial charge >= 0.3 is 0 Å². The van der Waals surface area contributed by atoms with E-state index in [0.29, 0.717) is 6.61 Å². The van der Waals surface area contributed by atoms with E-state index >= 15 is 0 Å². The molecular formula is C11H15ClN2O4S. The zero-order chi connectivity index (χ0) is 14.0. The third-order valence-corrected chi connectivity index (χ3v) is 4.54. The van der Waals surface area contributed by atoms with Crippen molar-refractivity contribution in [3.05, 3.63) is 17.2 Å². The fourth-order valence-corrected chi connectivity index (χ4v) is 3.39. The highest BCUT2D eigenvalue weighted by atomic mass is 35.5. The van der Waals surface area contributed by atoms with Crippen LogP contribution < -0.4 is 10.5 Å². The van der Waals surface area contributed by atoms with Gasteiger partial charge in [-0.1, -0.05) is 11.6 Å². The van der Waals surface area contributed by atoms with E-state index < -0.39 is 15.8 Å². The fraction of sp³-hybridized carbons (Fsp3) is 0.455. The van der Waals surface area contributed by atoms with Crippen molar-refractivity contribution in [3.8, 4) is 5.75 Å². The Hall–Kier alpha value is -1.02. The number of nitrogen functional groups attached to an aromatic ring is 1. The minimum atomic E-state index is -3.87. The summed E-state index contributed by atoms with van der Waals surface area (Å²) in [6.45, 7) is 0.802. The molecule has 106 valence electrons. The van der Waals surface area contributed by atoms with Gasteiger partial charge in [0.1, 0.15) is 4.90 Å². The van der Waals surface area contributed by atoms with Gasteiger partial charge in [-0.2, -0.15) is 0 Å². The second kappa shape index (κ2) is 5.54. The number of nitrogens with two attached hydrogens (primary N) is 1. The fourth-order valence-electron chi connectivity index (χ4n) is 1.89. The molecule has 19 heavy (non-hydrogen) atoms. The molecule has 0 radical (unpaired) electrons. The van der Waals surface area contributed by atoms with Crippen molar-refractivity contribution in [1.29, 1.82) is 0 Å². The van der Waals surface area contributed by atoms with E-state index in [1.165, 1.54) is 6.07 Å². The van der Waals surface area contributed by atoms with Gasteiger partial charge in [0.25, 0.3) is 0 Å². The van der Waals surface area contributed by atoms with Gasteiger partial charge in [0.05, 0.1) is 11.8 Å². The average Bonchev–Trinajstić information content (AvgIpc) is 2.84. The number of benzene rings is 1. The van der Waals surface area contributed by atoms with Gasteiger partial charge in [0.2, 0.25) is 10.0 Å². The minimum absolute atomic E-state index is 0.0787. The molecule has 1 fully saturated rings. The van der Waals surface area contributed by atoms with Crippen LogP contribution in [0.4, 0.5) is 5.69 Å². The average molecular weight is 307 g/mol. The van der Waals surface area contributed by atoms with E-state index in [0.717, 1.165) is 18.9 Å². The highest BCUT2D eigenvalue weighted by Gasteiger charge is 2.24. The molecule has 2 rings (SSSR count). The van der Waals surface area contributed by atoms with Crippen LogP contribution in [0.3, 0.4) is 0 Å². The quantitative estimate of drug-likeness (QED) is 0.571. The van der Waals surface area contributed by atoms with Crippen molar-refractivity contribution < 1.29 is 18.3 Å². The number of rotatable bonds is 4. The summed E-state index contributed by atoms with van der Waals surface area (Å²) in [7, 11) is -3.87. The molecule has 4 N–H and O–H groups in total. The van der Waals surface area contributed by atoms with Crippen molar-refractivity contribution in [1.82, 2.24) is 4.72 Å². The van der Waals surface area contributed by atoms with E-state index in [2.05, 4.69) is 4.72 Å². The molecule has 1 aliphatic rings. The zero-order valence-electron chi connectivity index (χ0n) is 10.1. The Morgan fingerprint density at radius 1 is 1.53 bits per heavy atom. The molecule has 0 amide bonds. The number of anilines is 1. The first-order chi connectivity index (χ1) is 8.90. The number of ether oxygens (including phenoxy) is 1. The number of hydrogen-bond donors (Lipinski definition) is 3. The van der Waals surface area contributed by atoms with Gasteiger partial charge in [0, 0.05) is 18.2 Å². The Bertz CT molecular complexity index is 570. The van der Waals surface area contributed by atoms with Crippen molar-refractivity contribution >= 4 is 27.3 Å². The maximum Gasteiger partial charge on any atom is 0.244 e. The van der Waals surface area contributed by atoms with Crippen LogP contribution in [0, 0.1) is 0 Å². The van der Waals surface area contributed by atoms with Crippen LogP contribution in [0.1, 0.15) is 12.8 Å². The number of hydrogen-bond acceptors (Lipinski definition) is 5. The van der Waals surface area contributed by atoms with Gasteiger partial charge < -0.3 is 15.6 Å². The van der Waals surface area contributed by atoms with Crippen LogP contribution in [0.25, 0.3) is 0 Å². The Labute approximate surface area is 116 Å². The molecule has 1 heterocycles. The summed E-state index contributed by atoms with van der Waals surface area (Å²) in [5.41, 5.74) is 5.41. The number of phenols is 1. The monoisotopic (exact) mass is 306 g/mol. The largest absolute Gasteiger partial charge is 0.504 e. The molecule has 0 spiro atoms. The van der Waals surface area contributed by atoms with Crippen LogP contribution in [-0.2, 0) is 14.8 Å². The van der Waals surface area contributed by atoms with Crippen molar-refractivity contribution in [2.75, 3.05) is 18.9 Å². The lowest BCUT2D eigenvalue weighted by Crippen LogP contribution is -2.31. The molecule has 1 unspecified atom stereocenters. The summed E-state index contributed by atoms with van der Waals surface area (Å²) >= 11 is 5.75. The maximum atomic E-state index is 12.1. The van der Waals surface area contributed by atoms with Gasteiger partial charge in [-0.25, -0.2) is 13.1 Å². The summed E-state index contributed by atoms with van der Waals surface area (Å²) in [5, 5.41) is 9.86. The molecule has 0 aliphatic carbocycles. The summed E-state index contributed by atoms with van der Waals surface area (Å²) in [6, 6.07) is 2.45. The molecule has 0 aromatic heterocycles. The molecule has 1 saturated heterocycles. The van der Waals surface area contributed by atoms with Crippen molar-refractivity contribution in [3.63, 3.8) is 0 Å². The number of aromatic hydroxyl groups is 1. The lowest BCUT2D eigenvalue weighted by Gasteiger charge is -2.13. The lowest BCUT2D eigenvalue weighted by atomic mass is 10.2. The highest BCUT2D eigenvalue weighted by molar-refractivity contribution is 7.89. The highest BCUT2D eigenvalue weighted by Crippen LogP contribution is 2.32. The third-order valence-electron chi connectivity index (χ3n) is 2.88. The van der Waals surface area contributed by atoms with Crippen molar-refractivity contribution in [2.45, 2.75) is 23.8 Å². The minimum Gasteiger partial charge on any atom is -0.504 e. The van der Waals surface area contributed by atoms with Crippen LogP contribution >= 0.6 is 11.6 Å². The smallest absolute Gasteiger partial charge is 0.244 e. The zero-order valence-corrected chi connectivity index (χ0v) is 11.7. The second-order valence-corrected chi connectivity index (χ2v) is 6.50. The topological polar surface area (TPSA) is 102 Å². The number of nitrogens with one attached hydrogen (secondary N) is 1. The van der Waals surface area contributed by atoms with E-state index in [9.17, 15) is 13.5 Å². The molecular weight excluding hydrogens is 292 g/mol. The standard InChI is InChI=1S/C11H15ClN2O4S/c12-7-4-9(13)11(15)10(5-7)19(16,17)14-6-8-2-1-3-18-8/h4-5,8,14-15H,1-3,6,13H2. The summed E-state index contributed by atoms with van der Waals surface area (Å²) in [4.78, 5) is -0.324. The van der Waals surface area contributed by atoms with Crippen LogP contribution in [0.5, 0.6) is 5.75 Å². The molecule has 1 aliphatic heterocycles. The van der Waals surface area contributed by atoms with E-state index in [1.807, 2.05) is 0 Å². The van der Waals surface area contributed by atoms with Gasteiger partial charge in [-0.3, -0.25) is 0 Å². The van der Waals surface area contributed by atoms with E-state index in [-0.39, 0.29) is 28.3 Å². The summed E-state index contributed by atoms with van der Waals surface area (Å²) < 4.78 is 31.9. The van der Waals surface area contributed by atoms with E-state index in [4.69, 9.17) is 22.1 Å². The molecule has 1 aromatic rings. The number of sulfonamides is 1. The number of halogens is 1. The first kappa shape index (κ1) is 14.4. The molecule has 8 heteroatoms. The Balaban J connectivity index is 2.19. The molecule has 0 bridgehead atoms. The number of phenolic OH excluding ortho intramolecular Hbond substituents is 1. The Morgan fingerprint density at radius 3 is 2.89 bits per heavy atom. The predicted octanol–water partition coefficient (Wildman–Crippen LogP) is 1.09. The van der Waals surface area contributed by atoms with Crippen LogP contribution in [0.15, 0.2) is 17.0 Å². The lowest BCUT2D eigenvalue weighted by molar-refractivity contribution is 0.114. The molecule has 1 atom stereocenters. The van der Waals surface area contributed by atoms with Crippen LogP contribution in [0.2, 0.25) is 5.02 Å². The molecule has 6 nitrogen and oxygen atoms in total. The van der Waals surface area contributed by atoms with Gasteiger partial charge in [-0.05, 0) is 25.0 Å². The van der Waals surface area contributed by atoms with Gasteiger partial charge in [-0.15, -0.1) is 0 Å². The summed E-state index contributed by atoms with van der Waals surface area (Å²) in [5.74, 6) is -0.496. The van der Waals surface area contributed by atoms with Crippen LogP contribution in [-0.4, -0.2) is 32.8 Å². The predicted molar refractivity (Wildman–Crippen MR) is 71.7 cm³/mol. The first-order valence-electron chi connectivity index (χ1n) is 5.79. The second-order valence-electron chi connectivity index (χ2n) is 4.33. The molecule has 0 saturated carbocycles. The van der Waals surface area contributed by atoms with Gasteiger partial charge in [0.15, 0.2) is 5.75 Å². The summed E-state index contributed by atoms with van der Waals surface area (Å²) in [6.07, 6.45) is 1.60. The third kappa shape index (κ3) is 3.30. The van der Waals surface area contributed by atoms with Crippen molar-refractivity contribution in [2.24, 2.45) is 0 Å². The Kier molecular flexibility index (Phi) is 4.19. The normalized spacial score (nSPS) is 19.7. The maximum absolute atomic E-state index is 12.1. The Morgan fingerprint density at radius 2 is 2.26 bits per heavy atom. The first-order valence-corrected chi connectivity index (χ1v) is 7.65. The van der Waals surface area contributed by atoms with E-state index in [1.54, 1.807) is 0 Å². The molecule has 1 aromatic carbocycles.